The molecule has 17 heavy (non-hydrogen) atoms. The van der Waals surface area contributed by atoms with Crippen LogP contribution in [0.3, 0.4) is 0 Å². The number of rotatable bonds is 6. The van der Waals surface area contributed by atoms with E-state index in [2.05, 4.69) is 13.2 Å². The van der Waals surface area contributed by atoms with E-state index in [0.29, 0.717) is 6.42 Å². The molecule has 0 amide bonds. The molecule has 0 spiro atoms. The molecule has 0 heterocycles. The fraction of sp³-hybridized carbons (Fsp3) is 0.188. The summed E-state index contributed by atoms with van der Waals surface area (Å²) in [6, 6.07) is 10.0. The van der Waals surface area contributed by atoms with Gasteiger partial charge in [-0.25, -0.2) is 0 Å². The third-order valence-electron chi connectivity index (χ3n) is 2.64. The Bertz CT molecular complexity index is 426. The molecule has 0 aliphatic heterocycles. The highest BCUT2D eigenvalue weighted by molar-refractivity contribution is 5.77. The van der Waals surface area contributed by atoms with Gasteiger partial charge in [0.25, 0.3) is 0 Å². The summed E-state index contributed by atoms with van der Waals surface area (Å²) in [5.41, 5.74) is 2.16. The van der Waals surface area contributed by atoms with Gasteiger partial charge < -0.3 is 0 Å². The summed E-state index contributed by atoms with van der Waals surface area (Å²) in [5.74, 6) is 0.250. The number of hydrogen-bond acceptors (Lipinski definition) is 1. The smallest absolute Gasteiger partial charge is 0.130 e. The van der Waals surface area contributed by atoms with E-state index in [1.165, 1.54) is 0 Å². The van der Waals surface area contributed by atoms with Crippen molar-refractivity contribution in [3.8, 4) is 0 Å². The Morgan fingerprint density at radius 3 is 2.41 bits per heavy atom. The van der Waals surface area contributed by atoms with E-state index in [-0.39, 0.29) is 11.7 Å². The SMILES string of the molecule is C=C/C=C(\C=C)C(CC(C)=O)c1ccccc1. The minimum absolute atomic E-state index is 0.0733. The predicted octanol–water partition coefficient (Wildman–Crippen LogP) is 4.05. The molecule has 0 bridgehead atoms. The maximum atomic E-state index is 11.4. The third kappa shape index (κ3) is 3.87. The number of allylic oxidation sites excluding steroid dienone is 4. The van der Waals surface area contributed by atoms with Crippen LogP contribution in [0.1, 0.15) is 24.8 Å². The molecule has 1 aromatic rings. The zero-order valence-electron chi connectivity index (χ0n) is 10.2. The molecule has 1 heteroatoms. The molecule has 0 N–H and O–H groups in total. The first-order valence-electron chi connectivity index (χ1n) is 5.68. The van der Waals surface area contributed by atoms with Crippen LogP contribution in [0.2, 0.25) is 0 Å². The quantitative estimate of drug-likeness (QED) is 0.669. The molecule has 0 radical (unpaired) electrons. The highest BCUT2D eigenvalue weighted by Crippen LogP contribution is 2.28. The van der Waals surface area contributed by atoms with Gasteiger partial charge in [0, 0.05) is 12.3 Å². The Kier molecular flexibility index (Phi) is 5.15. The molecule has 0 aliphatic rings. The van der Waals surface area contributed by atoms with Crippen molar-refractivity contribution in [1.29, 1.82) is 0 Å². The van der Waals surface area contributed by atoms with E-state index < -0.39 is 0 Å². The van der Waals surface area contributed by atoms with Gasteiger partial charge in [-0.1, -0.05) is 61.7 Å². The van der Waals surface area contributed by atoms with Gasteiger partial charge >= 0.3 is 0 Å². The minimum atomic E-state index is 0.0733. The number of Topliss-reactive ketones (excluding diaryl/α,β-unsaturated/α-hetero) is 1. The topological polar surface area (TPSA) is 17.1 Å². The van der Waals surface area contributed by atoms with Gasteiger partial charge in [0.05, 0.1) is 0 Å². The van der Waals surface area contributed by atoms with Crippen LogP contribution in [0.5, 0.6) is 0 Å². The van der Waals surface area contributed by atoms with Crippen molar-refractivity contribution >= 4 is 5.78 Å². The molecule has 1 atom stereocenters. The Morgan fingerprint density at radius 2 is 1.94 bits per heavy atom. The Hall–Kier alpha value is -1.89. The predicted molar refractivity (Wildman–Crippen MR) is 73.0 cm³/mol. The summed E-state index contributed by atoms with van der Waals surface area (Å²) in [6.07, 6.45) is 5.93. The summed E-state index contributed by atoms with van der Waals surface area (Å²) in [7, 11) is 0. The van der Waals surface area contributed by atoms with Crippen molar-refractivity contribution in [1.82, 2.24) is 0 Å². The lowest BCUT2D eigenvalue weighted by Gasteiger charge is -2.17. The van der Waals surface area contributed by atoms with Crippen LogP contribution in [-0.4, -0.2) is 5.78 Å². The Labute approximate surface area is 103 Å². The number of benzene rings is 1. The number of carbonyl (C=O) groups is 1. The van der Waals surface area contributed by atoms with Gasteiger partial charge in [-0.2, -0.15) is 0 Å². The summed E-state index contributed by atoms with van der Waals surface area (Å²) in [4.78, 5) is 11.4. The fourth-order valence-corrected chi connectivity index (χ4v) is 1.86. The van der Waals surface area contributed by atoms with Gasteiger partial charge in [0.2, 0.25) is 0 Å². The maximum absolute atomic E-state index is 11.4. The molecular weight excluding hydrogens is 208 g/mol. The maximum Gasteiger partial charge on any atom is 0.130 e. The number of ketones is 1. The minimum Gasteiger partial charge on any atom is -0.300 e. The first-order chi connectivity index (χ1) is 8.19. The second-order valence-corrected chi connectivity index (χ2v) is 3.98. The van der Waals surface area contributed by atoms with Crippen molar-refractivity contribution in [2.75, 3.05) is 0 Å². The number of carbonyl (C=O) groups excluding carboxylic acids is 1. The number of hydrogen-bond donors (Lipinski definition) is 0. The van der Waals surface area contributed by atoms with Gasteiger partial charge in [0.1, 0.15) is 5.78 Å². The zero-order valence-corrected chi connectivity index (χ0v) is 10.2. The van der Waals surface area contributed by atoms with E-state index in [0.717, 1.165) is 11.1 Å². The molecule has 0 aliphatic carbocycles. The van der Waals surface area contributed by atoms with Crippen LogP contribution < -0.4 is 0 Å². The van der Waals surface area contributed by atoms with E-state index in [1.54, 1.807) is 19.1 Å². The first-order valence-corrected chi connectivity index (χ1v) is 5.68. The second-order valence-electron chi connectivity index (χ2n) is 3.98. The average Bonchev–Trinajstić information content (AvgIpc) is 2.34. The van der Waals surface area contributed by atoms with E-state index in [9.17, 15) is 4.79 Å². The van der Waals surface area contributed by atoms with Crippen LogP contribution in [0, 0.1) is 0 Å². The zero-order chi connectivity index (χ0) is 12.7. The van der Waals surface area contributed by atoms with Gasteiger partial charge in [-0.05, 0) is 18.1 Å². The van der Waals surface area contributed by atoms with Crippen LogP contribution in [0.4, 0.5) is 0 Å². The molecule has 1 rings (SSSR count). The van der Waals surface area contributed by atoms with Gasteiger partial charge in [0.15, 0.2) is 0 Å². The van der Waals surface area contributed by atoms with Crippen LogP contribution >= 0.6 is 0 Å². The van der Waals surface area contributed by atoms with E-state index in [4.69, 9.17) is 0 Å². The molecule has 0 aromatic heterocycles. The summed E-state index contributed by atoms with van der Waals surface area (Å²) >= 11 is 0. The molecule has 1 unspecified atom stereocenters. The lowest BCUT2D eigenvalue weighted by Crippen LogP contribution is -2.06. The molecular formula is C16H18O. The Balaban J connectivity index is 3.11. The van der Waals surface area contributed by atoms with Crippen molar-refractivity contribution in [2.24, 2.45) is 0 Å². The van der Waals surface area contributed by atoms with Crippen molar-refractivity contribution in [3.63, 3.8) is 0 Å². The largest absolute Gasteiger partial charge is 0.300 e. The normalized spacial score (nSPS) is 12.9. The van der Waals surface area contributed by atoms with Gasteiger partial charge in [-0.15, -0.1) is 0 Å². The summed E-state index contributed by atoms with van der Waals surface area (Å²) in [6.45, 7) is 9.12. The summed E-state index contributed by atoms with van der Waals surface area (Å²) < 4.78 is 0. The van der Waals surface area contributed by atoms with Crippen molar-refractivity contribution < 1.29 is 4.79 Å². The van der Waals surface area contributed by atoms with Crippen LogP contribution in [-0.2, 0) is 4.79 Å². The summed E-state index contributed by atoms with van der Waals surface area (Å²) in [5, 5.41) is 0. The molecule has 1 aromatic carbocycles. The lowest BCUT2D eigenvalue weighted by molar-refractivity contribution is -0.117. The molecule has 1 nitrogen and oxygen atoms in total. The molecule has 0 saturated carbocycles. The third-order valence-corrected chi connectivity index (χ3v) is 2.64. The standard InChI is InChI=1S/C16H18O/c1-4-9-14(5-2)16(12-13(3)17)15-10-7-6-8-11-15/h4-11,16H,1-2,12H2,3H3/b14-9+. The lowest BCUT2D eigenvalue weighted by atomic mass is 9.87. The molecule has 0 fully saturated rings. The van der Waals surface area contributed by atoms with Gasteiger partial charge in [-0.3, -0.25) is 4.79 Å². The monoisotopic (exact) mass is 226 g/mol. The molecule has 88 valence electrons. The second kappa shape index (κ2) is 6.64. The van der Waals surface area contributed by atoms with E-state index >= 15 is 0 Å². The van der Waals surface area contributed by atoms with Crippen molar-refractivity contribution in [3.05, 3.63) is 72.9 Å². The van der Waals surface area contributed by atoms with Crippen molar-refractivity contribution in [2.45, 2.75) is 19.3 Å². The first kappa shape index (κ1) is 13.2. The molecule has 0 saturated heterocycles. The fourth-order valence-electron chi connectivity index (χ4n) is 1.86. The van der Waals surface area contributed by atoms with Crippen LogP contribution in [0.15, 0.2) is 67.3 Å². The van der Waals surface area contributed by atoms with E-state index in [1.807, 2.05) is 36.4 Å². The Morgan fingerprint density at radius 1 is 1.29 bits per heavy atom. The van der Waals surface area contributed by atoms with Crippen LogP contribution in [0.25, 0.3) is 0 Å². The highest BCUT2D eigenvalue weighted by atomic mass is 16.1. The highest BCUT2D eigenvalue weighted by Gasteiger charge is 2.16. The average molecular weight is 226 g/mol.